The number of nitrogens with two attached hydrogens (primary N) is 1. The highest BCUT2D eigenvalue weighted by molar-refractivity contribution is 6.22. The van der Waals surface area contributed by atoms with Crippen LogP contribution >= 0.6 is 0 Å². The van der Waals surface area contributed by atoms with Gasteiger partial charge in [0.15, 0.2) is 0 Å². The molecule has 0 bridgehead atoms. The van der Waals surface area contributed by atoms with Crippen LogP contribution in [0.4, 0.5) is 0 Å². The number of hydrogen-bond acceptors (Lipinski definition) is 4. The number of rotatable bonds is 6. The fourth-order valence-corrected chi connectivity index (χ4v) is 3.19. The van der Waals surface area contributed by atoms with Crippen LogP contribution in [0.3, 0.4) is 0 Å². The van der Waals surface area contributed by atoms with Crippen LogP contribution in [0.25, 0.3) is 0 Å². The zero-order valence-electron chi connectivity index (χ0n) is 14.0. The molecule has 1 saturated carbocycles. The minimum absolute atomic E-state index is 0.0658. The molecule has 0 aromatic heterocycles. The summed E-state index contributed by atoms with van der Waals surface area (Å²) in [5, 5.41) is 2.82. The van der Waals surface area contributed by atoms with E-state index in [1.165, 1.54) is 0 Å². The summed E-state index contributed by atoms with van der Waals surface area (Å²) in [5.74, 6) is -0.853. The molecule has 1 fully saturated rings. The third-order valence-corrected chi connectivity index (χ3v) is 4.74. The molecule has 2 unspecified atom stereocenters. The highest BCUT2D eigenvalue weighted by atomic mass is 16.2. The van der Waals surface area contributed by atoms with E-state index in [-0.39, 0.29) is 17.9 Å². The number of hydrogen-bond donors (Lipinski definition) is 2. The standard InChI is InChI=1S/C18H23N3O3/c1-10(2)15(16(22)20-9-14(19)11-7-8-11)21-17(23)12-5-3-4-6-13(12)18(21)24/h3-6,10-11,14-15H,7-9,19H2,1-2H3,(H,20,22). The second kappa shape index (κ2) is 6.36. The van der Waals surface area contributed by atoms with Gasteiger partial charge in [0, 0.05) is 12.6 Å². The average Bonchev–Trinajstić information content (AvgIpc) is 3.37. The first-order chi connectivity index (χ1) is 11.4. The van der Waals surface area contributed by atoms with Crippen molar-refractivity contribution >= 4 is 17.7 Å². The van der Waals surface area contributed by atoms with Crippen molar-refractivity contribution in [1.82, 2.24) is 10.2 Å². The molecule has 24 heavy (non-hydrogen) atoms. The number of carbonyl (C=O) groups is 3. The summed E-state index contributed by atoms with van der Waals surface area (Å²) in [5.41, 5.74) is 6.73. The van der Waals surface area contributed by atoms with Crippen LogP contribution in [-0.4, -0.2) is 41.2 Å². The van der Waals surface area contributed by atoms with E-state index in [2.05, 4.69) is 5.32 Å². The predicted octanol–water partition coefficient (Wildman–Crippen LogP) is 1.16. The first kappa shape index (κ1) is 16.6. The lowest BCUT2D eigenvalue weighted by Crippen LogP contribution is -2.54. The molecule has 3 rings (SSSR count). The van der Waals surface area contributed by atoms with Crippen LogP contribution in [0, 0.1) is 11.8 Å². The molecule has 6 nitrogen and oxygen atoms in total. The molecule has 3 N–H and O–H groups in total. The van der Waals surface area contributed by atoms with Crippen LogP contribution in [-0.2, 0) is 4.79 Å². The van der Waals surface area contributed by atoms with Crippen molar-refractivity contribution in [2.45, 2.75) is 38.8 Å². The first-order valence-electron chi connectivity index (χ1n) is 8.42. The second-order valence-corrected chi connectivity index (χ2v) is 6.96. The Morgan fingerprint density at radius 3 is 2.21 bits per heavy atom. The molecule has 1 aromatic rings. The van der Waals surface area contributed by atoms with Crippen molar-refractivity contribution in [2.24, 2.45) is 17.6 Å². The summed E-state index contributed by atoms with van der Waals surface area (Å²) in [6.45, 7) is 4.03. The van der Waals surface area contributed by atoms with Gasteiger partial charge < -0.3 is 11.1 Å². The average molecular weight is 329 g/mol. The summed E-state index contributed by atoms with van der Waals surface area (Å²) in [4.78, 5) is 39.0. The largest absolute Gasteiger partial charge is 0.353 e. The van der Waals surface area contributed by atoms with Crippen LogP contribution < -0.4 is 11.1 Å². The first-order valence-corrected chi connectivity index (χ1v) is 8.42. The van der Waals surface area contributed by atoms with Gasteiger partial charge in [0.25, 0.3) is 11.8 Å². The monoisotopic (exact) mass is 329 g/mol. The lowest BCUT2D eigenvalue weighted by molar-refractivity contribution is -0.126. The maximum absolute atomic E-state index is 12.6. The van der Waals surface area contributed by atoms with Gasteiger partial charge >= 0.3 is 0 Å². The van der Waals surface area contributed by atoms with Crippen LogP contribution in [0.1, 0.15) is 47.4 Å². The lowest BCUT2D eigenvalue weighted by Gasteiger charge is -2.28. The SMILES string of the molecule is CC(C)C(C(=O)NCC(N)C1CC1)N1C(=O)c2ccccc2C1=O. The number of imide groups is 1. The Morgan fingerprint density at radius 1 is 1.21 bits per heavy atom. The summed E-state index contributed by atoms with van der Waals surface area (Å²) < 4.78 is 0. The van der Waals surface area contributed by atoms with E-state index in [0.717, 1.165) is 17.7 Å². The van der Waals surface area contributed by atoms with E-state index in [4.69, 9.17) is 5.73 Å². The van der Waals surface area contributed by atoms with Crippen LogP contribution in [0.2, 0.25) is 0 Å². The minimum atomic E-state index is -0.830. The molecule has 3 amide bonds. The van der Waals surface area contributed by atoms with Crippen molar-refractivity contribution in [3.05, 3.63) is 35.4 Å². The Morgan fingerprint density at radius 2 is 1.75 bits per heavy atom. The minimum Gasteiger partial charge on any atom is -0.353 e. The summed E-state index contributed by atoms with van der Waals surface area (Å²) >= 11 is 0. The van der Waals surface area contributed by atoms with Gasteiger partial charge in [-0.3, -0.25) is 19.3 Å². The van der Waals surface area contributed by atoms with E-state index in [0.29, 0.717) is 23.6 Å². The number of nitrogens with one attached hydrogen (secondary N) is 1. The van der Waals surface area contributed by atoms with Gasteiger partial charge in [-0.05, 0) is 36.8 Å². The van der Waals surface area contributed by atoms with Crippen LogP contribution in [0.5, 0.6) is 0 Å². The smallest absolute Gasteiger partial charge is 0.262 e. The Labute approximate surface area is 141 Å². The molecule has 0 radical (unpaired) electrons. The van der Waals surface area contributed by atoms with Gasteiger partial charge in [-0.15, -0.1) is 0 Å². The maximum Gasteiger partial charge on any atom is 0.262 e. The molecular weight excluding hydrogens is 306 g/mol. The number of carbonyl (C=O) groups excluding carboxylic acids is 3. The third kappa shape index (κ3) is 2.94. The zero-order chi connectivity index (χ0) is 17.4. The Balaban J connectivity index is 1.77. The van der Waals surface area contributed by atoms with Crippen molar-refractivity contribution < 1.29 is 14.4 Å². The Kier molecular flexibility index (Phi) is 4.41. The number of nitrogens with zero attached hydrogens (tertiary/aromatic N) is 1. The third-order valence-electron chi connectivity index (χ3n) is 4.74. The fraction of sp³-hybridized carbons (Fsp3) is 0.500. The molecule has 1 aromatic carbocycles. The number of fused-ring (bicyclic) bond motifs is 1. The van der Waals surface area contributed by atoms with Crippen molar-refractivity contribution in [3.8, 4) is 0 Å². The second-order valence-electron chi connectivity index (χ2n) is 6.96. The van der Waals surface area contributed by atoms with Crippen molar-refractivity contribution in [3.63, 3.8) is 0 Å². The van der Waals surface area contributed by atoms with Gasteiger partial charge in [-0.2, -0.15) is 0 Å². The molecule has 128 valence electrons. The van der Waals surface area contributed by atoms with Crippen molar-refractivity contribution in [2.75, 3.05) is 6.54 Å². The Bertz CT molecular complexity index is 647. The zero-order valence-corrected chi connectivity index (χ0v) is 14.0. The fourth-order valence-electron chi connectivity index (χ4n) is 3.19. The molecule has 1 aliphatic carbocycles. The lowest BCUT2D eigenvalue weighted by atomic mass is 10.0. The van der Waals surface area contributed by atoms with E-state index in [1.54, 1.807) is 24.3 Å². The quantitative estimate of drug-likeness (QED) is 0.766. The molecule has 2 aliphatic rings. The van der Waals surface area contributed by atoms with Gasteiger partial charge in [0.2, 0.25) is 5.91 Å². The molecule has 1 heterocycles. The number of amides is 3. The molecule has 2 atom stereocenters. The van der Waals surface area contributed by atoms with E-state index in [9.17, 15) is 14.4 Å². The Hall–Kier alpha value is -2.21. The van der Waals surface area contributed by atoms with E-state index >= 15 is 0 Å². The normalized spacial score (nSPS) is 19.4. The van der Waals surface area contributed by atoms with E-state index in [1.807, 2.05) is 13.8 Å². The molecular formula is C18H23N3O3. The van der Waals surface area contributed by atoms with Crippen molar-refractivity contribution in [1.29, 1.82) is 0 Å². The van der Waals surface area contributed by atoms with Gasteiger partial charge in [-0.25, -0.2) is 0 Å². The van der Waals surface area contributed by atoms with Gasteiger partial charge in [-0.1, -0.05) is 26.0 Å². The summed E-state index contributed by atoms with van der Waals surface area (Å²) in [6, 6.07) is 5.77. The van der Waals surface area contributed by atoms with Gasteiger partial charge in [0.1, 0.15) is 6.04 Å². The highest BCUT2D eigenvalue weighted by Gasteiger charge is 2.44. The molecule has 1 aliphatic heterocycles. The topological polar surface area (TPSA) is 92.5 Å². The number of benzene rings is 1. The summed E-state index contributed by atoms with van der Waals surface area (Å²) in [7, 11) is 0. The maximum atomic E-state index is 12.6. The highest BCUT2D eigenvalue weighted by Crippen LogP contribution is 2.31. The molecule has 0 spiro atoms. The molecule has 0 saturated heterocycles. The van der Waals surface area contributed by atoms with E-state index < -0.39 is 17.9 Å². The van der Waals surface area contributed by atoms with Gasteiger partial charge in [0.05, 0.1) is 11.1 Å². The summed E-state index contributed by atoms with van der Waals surface area (Å²) in [6.07, 6.45) is 2.20. The van der Waals surface area contributed by atoms with Crippen LogP contribution in [0.15, 0.2) is 24.3 Å². The predicted molar refractivity (Wildman–Crippen MR) is 89.3 cm³/mol. The molecule has 6 heteroatoms.